The van der Waals surface area contributed by atoms with Crippen LogP contribution in [0.25, 0.3) is 22.4 Å². The maximum absolute atomic E-state index is 10.9. The first kappa shape index (κ1) is 19.8. The average Bonchev–Trinajstić information content (AvgIpc) is 3.10. The van der Waals surface area contributed by atoms with Gasteiger partial charge in [0.2, 0.25) is 0 Å². The first-order chi connectivity index (χ1) is 13.6. The lowest BCUT2D eigenvalue weighted by molar-refractivity contribution is -0.384. The fourth-order valence-electron chi connectivity index (χ4n) is 2.63. The predicted octanol–water partition coefficient (Wildman–Crippen LogP) is 5.95. The summed E-state index contributed by atoms with van der Waals surface area (Å²) in [5, 5.41) is 11.7. The second-order valence-corrected chi connectivity index (χ2v) is 7.20. The van der Waals surface area contributed by atoms with E-state index in [2.05, 4.69) is 11.9 Å². The summed E-state index contributed by atoms with van der Waals surface area (Å²) in [6.07, 6.45) is 5.93. The minimum Gasteiger partial charge on any atom is -0.490 e. The zero-order chi connectivity index (χ0) is 19.9. The second-order valence-electron chi connectivity index (χ2n) is 6.14. The van der Waals surface area contributed by atoms with E-state index in [1.54, 1.807) is 12.1 Å². The summed E-state index contributed by atoms with van der Waals surface area (Å²) < 4.78 is 12.3. The van der Waals surface area contributed by atoms with Crippen LogP contribution < -0.4 is 9.47 Å². The van der Waals surface area contributed by atoms with Gasteiger partial charge < -0.3 is 9.47 Å². The van der Waals surface area contributed by atoms with Crippen molar-refractivity contribution in [2.24, 2.45) is 0 Å². The molecule has 6 nitrogen and oxygen atoms in total. The molecule has 2 aromatic carbocycles. The number of thiazole rings is 1. The highest BCUT2D eigenvalue weighted by Gasteiger charge is 2.09. The zero-order valence-electron chi connectivity index (χ0n) is 15.9. The summed E-state index contributed by atoms with van der Waals surface area (Å²) in [5.41, 5.74) is 1.80. The van der Waals surface area contributed by atoms with Crippen molar-refractivity contribution in [3.8, 4) is 11.5 Å². The van der Waals surface area contributed by atoms with Gasteiger partial charge in [-0.3, -0.25) is 10.1 Å². The molecule has 28 heavy (non-hydrogen) atoms. The van der Waals surface area contributed by atoms with Crippen molar-refractivity contribution < 1.29 is 14.4 Å². The van der Waals surface area contributed by atoms with E-state index in [-0.39, 0.29) is 5.69 Å². The molecule has 7 heteroatoms. The van der Waals surface area contributed by atoms with Gasteiger partial charge in [-0.05, 0) is 43.2 Å². The number of nitro groups is 1. The van der Waals surface area contributed by atoms with Crippen LogP contribution in [0.5, 0.6) is 11.5 Å². The van der Waals surface area contributed by atoms with Gasteiger partial charge >= 0.3 is 0 Å². The van der Waals surface area contributed by atoms with Gasteiger partial charge in [-0.1, -0.05) is 25.5 Å². The SMILES string of the molecule is CCCCOc1ccc(C=Cc2nc3ccc([N+](=O)[O-])cc3s2)cc1OCC. The van der Waals surface area contributed by atoms with Crippen molar-refractivity contribution in [2.75, 3.05) is 13.2 Å². The fraction of sp³-hybridized carbons (Fsp3) is 0.286. The molecule has 0 bridgehead atoms. The maximum Gasteiger partial charge on any atom is 0.270 e. The van der Waals surface area contributed by atoms with Crippen molar-refractivity contribution in [1.29, 1.82) is 0 Å². The van der Waals surface area contributed by atoms with Crippen LogP contribution in [0.3, 0.4) is 0 Å². The number of unbranched alkanes of at least 4 members (excludes halogenated alkanes) is 1. The van der Waals surface area contributed by atoms with Gasteiger partial charge in [0.25, 0.3) is 5.69 Å². The molecule has 0 atom stereocenters. The molecular formula is C21H22N2O4S. The number of ether oxygens (including phenoxy) is 2. The van der Waals surface area contributed by atoms with Gasteiger partial charge in [0.05, 0.1) is 28.4 Å². The number of aromatic nitrogens is 1. The Kier molecular flexibility index (Phi) is 6.60. The maximum atomic E-state index is 10.9. The Labute approximate surface area is 167 Å². The second kappa shape index (κ2) is 9.32. The molecular weight excluding hydrogens is 376 g/mol. The lowest BCUT2D eigenvalue weighted by atomic mass is 10.2. The molecule has 3 aromatic rings. The highest BCUT2D eigenvalue weighted by molar-refractivity contribution is 7.19. The van der Waals surface area contributed by atoms with Crippen LogP contribution in [0, 0.1) is 10.1 Å². The first-order valence-corrected chi connectivity index (χ1v) is 10.0. The molecule has 146 valence electrons. The van der Waals surface area contributed by atoms with Gasteiger partial charge in [0, 0.05) is 12.1 Å². The number of nitrogens with zero attached hydrogens (tertiary/aromatic N) is 2. The summed E-state index contributed by atoms with van der Waals surface area (Å²) in [5.74, 6) is 1.47. The van der Waals surface area contributed by atoms with Gasteiger partial charge in [-0.2, -0.15) is 0 Å². The highest BCUT2D eigenvalue weighted by atomic mass is 32.1. The molecule has 0 radical (unpaired) electrons. The molecule has 0 aliphatic heterocycles. The van der Waals surface area contributed by atoms with Crippen molar-refractivity contribution in [3.05, 3.63) is 57.1 Å². The van der Waals surface area contributed by atoms with Crippen LogP contribution in [0.2, 0.25) is 0 Å². The first-order valence-electron chi connectivity index (χ1n) is 9.23. The summed E-state index contributed by atoms with van der Waals surface area (Å²) in [6, 6.07) is 10.5. The van der Waals surface area contributed by atoms with Gasteiger partial charge in [0.1, 0.15) is 5.01 Å². The highest BCUT2D eigenvalue weighted by Crippen LogP contribution is 2.31. The minimum absolute atomic E-state index is 0.0756. The predicted molar refractivity (Wildman–Crippen MR) is 113 cm³/mol. The molecule has 3 rings (SSSR count). The summed E-state index contributed by atoms with van der Waals surface area (Å²) in [7, 11) is 0. The Bertz CT molecular complexity index is 997. The largest absolute Gasteiger partial charge is 0.490 e. The Morgan fingerprint density at radius 3 is 2.71 bits per heavy atom. The average molecular weight is 398 g/mol. The van der Waals surface area contributed by atoms with Gasteiger partial charge in [0.15, 0.2) is 11.5 Å². The van der Waals surface area contributed by atoms with E-state index in [9.17, 15) is 10.1 Å². The number of non-ortho nitro benzene ring substituents is 1. The van der Waals surface area contributed by atoms with E-state index in [1.165, 1.54) is 17.4 Å². The summed E-state index contributed by atoms with van der Waals surface area (Å²) >= 11 is 1.42. The number of benzene rings is 2. The summed E-state index contributed by atoms with van der Waals surface area (Å²) in [4.78, 5) is 15.0. The molecule has 0 N–H and O–H groups in total. The van der Waals surface area contributed by atoms with E-state index in [4.69, 9.17) is 9.47 Å². The van der Waals surface area contributed by atoms with E-state index < -0.39 is 4.92 Å². The van der Waals surface area contributed by atoms with E-state index in [1.807, 2.05) is 37.3 Å². The normalized spacial score (nSPS) is 11.2. The Balaban J connectivity index is 1.80. The van der Waals surface area contributed by atoms with Crippen LogP contribution in [-0.4, -0.2) is 23.1 Å². The standard InChI is InChI=1S/C21H22N2O4S/c1-3-5-12-27-18-10-6-15(13-19(18)26-4-2)7-11-21-22-17-9-8-16(23(24)25)14-20(17)28-21/h6-11,13-14H,3-5,12H2,1-2H3. The van der Waals surface area contributed by atoms with E-state index in [0.717, 1.165) is 45.1 Å². The molecule has 0 saturated heterocycles. The van der Waals surface area contributed by atoms with E-state index >= 15 is 0 Å². The van der Waals surface area contributed by atoms with E-state index in [0.29, 0.717) is 13.2 Å². The Morgan fingerprint density at radius 1 is 1.11 bits per heavy atom. The Hall–Kier alpha value is -2.93. The topological polar surface area (TPSA) is 74.5 Å². The third-order valence-electron chi connectivity index (χ3n) is 4.04. The third kappa shape index (κ3) is 4.86. The molecule has 0 saturated carbocycles. The van der Waals surface area contributed by atoms with Crippen LogP contribution in [-0.2, 0) is 0 Å². The summed E-state index contributed by atoms with van der Waals surface area (Å²) in [6.45, 7) is 5.30. The van der Waals surface area contributed by atoms with Crippen molar-refractivity contribution in [1.82, 2.24) is 4.98 Å². The number of fused-ring (bicyclic) bond motifs is 1. The van der Waals surface area contributed by atoms with Crippen molar-refractivity contribution in [2.45, 2.75) is 26.7 Å². The number of nitro benzene ring substituents is 1. The molecule has 0 spiro atoms. The smallest absolute Gasteiger partial charge is 0.270 e. The van der Waals surface area contributed by atoms with Crippen molar-refractivity contribution in [3.63, 3.8) is 0 Å². The molecule has 0 amide bonds. The molecule has 1 heterocycles. The van der Waals surface area contributed by atoms with Crippen LogP contribution in [0.1, 0.15) is 37.3 Å². The minimum atomic E-state index is -0.395. The number of hydrogen-bond donors (Lipinski definition) is 0. The quantitative estimate of drug-likeness (QED) is 0.253. The number of hydrogen-bond acceptors (Lipinski definition) is 6. The van der Waals surface area contributed by atoms with Gasteiger partial charge in [-0.15, -0.1) is 11.3 Å². The third-order valence-corrected chi connectivity index (χ3v) is 5.02. The van der Waals surface area contributed by atoms with Crippen molar-refractivity contribution >= 4 is 39.4 Å². The van der Waals surface area contributed by atoms with Crippen LogP contribution in [0.15, 0.2) is 36.4 Å². The van der Waals surface area contributed by atoms with Crippen LogP contribution >= 0.6 is 11.3 Å². The lowest BCUT2D eigenvalue weighted by Gasteiger charge is -2.12. The molecule has 0 aliphatic carbocycles. The fourth-order valence-corrected chi connectivity index (χ4v) is 3.53. The van der Waals surface area contributed by atoms with Crippen LogP contribution in [0.4, 0.5) is 5.69 Å². The molecule has 1 aromatic heterocycles. The monoisotopic (exact) mass is 398 g/mol. The molecule has 0 aliphatic rings. The van der Waals surface area contributed by atoms with Gasteiger partial charge in [-0.25, -0.2) is 4.98 Å². The number of rotatable bonds is 9. The zero-order valence-corrected chi connectivity index (χ0v) is 16.7. The lowest BCUT2D eigenvalue weighted by Crippen LogP contribution is -2.00. The molecule has 0 fully saturated rings. The molecule has 0 unspecified atom stereocenters. The Morgan fingerprint density at radius 2 is 1.96 bits per heavy atom.